The van der Waals surface area contributed by atoms with Gasteiger partial charge in [-0.3, -0.25) is 4.79 Å². The van der Waals surface area contributed by atoms with Gasteiger partial charge in [-0.1, -0.05) is 20.8 Å². The summed E-state index contributed by atoms with van der Waals surface area (Å²) in [4.78, 5) is 11.6. The van der Waals surface area contributed by atoms with E-state index < -0.39 is 0 Å². The van der Waals surface area contributed by atoms with E-state index in [1.54, 1.807) is 0 Å². The molecule has 1 N–H and O–H groups in total. The Hall–Kier alpha value is -0.370. The molecule has 13 heavy (non-hydrogen) atoms. The van der Waals surface area contributed by atoms with E-state index in [0.717, 1.165) is 25.8 Å². The van der Waals surface area contributed by atoms with Crippen molar-refractivity contribution in [2.75, 3.05) is 6.54 Å². The van der Waals surface area contributed by atoms with Crippen LogP contribution in [-0.4, -0.2) is 18.4 Å². The first-order chi connectivity index (χ1) is 6.09. The largest absolute Gasteiger partial charge is 0.307 e. The number of hydrogen-bond donors (Lipinski definition) is 1. The zero-order valence-corrected chi connectivity index (χ0v) is 8.97. The normalized spacial score (nSPS) is 28.3. The van der Waals surface area contributed by atoms with Crippen molar-refractivity contribution < 1.29 is 4.79 Å². The van der Waals surface area contributed by atoms with Gasteiger partial charge in [0.1, 0.15) is 5.78 Å². The number of hydrogen-bond acceptors (Lipinski definition) is 2. The molecule has 0 radical (unpaired) electrons. The smallest absolute Gasteiger partial charge is 0.149 e. The number of carbonyl (C=O) groups excluding carboxylic acids is 1. The average molecular weight is 183 g/mol. The van der Waals surface area contributed by atoms with Crippen molar-refractivity contribution in [1.29, 1.82) is 0 Å². The van der Waals surface area contributed by atoms with Crippen LogP contribution in [0.1, 0.15) is 40.0 Å². The Kier molecular flexibility index (Phi) is 3.91. The van der Waals surface area contributed by atoms with E-state index in [9.17, 15) is 4.79 Å². The number of ketones is 1. The molecular formula is C11H21NO. The van der Waals surface area contributed by atoms with Crippen molar-refractivity contribution in [2.24, 2.45) is 11.8 Å². The molecule has 2 atom stereocenters. The molecule has 0 aromatic carbocycles. The summed E-state index contributed by atoms with van der Waals surface area (Å²) in [6.07, 6.45) is 2.82. The van der Waals surface area contributed by atoms with Gasteiger partial charge in [0, 0.05) is 6.42 Å². The van der Waals surface area contributed by atoms with E-state index in [2.05, 4.69) is 26.1 Å². The lowest BCUT2D eigenvalue weighted by atomic mass is 9.99. The Morgan fingerprint density at radius 3 is 2.69 bits per heavy atom. The van der Waals surface area contributed by atoms with Crippen LogP contribution in [0.2, 0.25) is 0 Å². The molecule has 1 fully saturated rings. The minimum atomic E-state index is 0.161. The highest BCUT2D eigenvalue weighted by Gasteiger charge is 2.25. The third kappa shape index (κ3) is 3.47. The molecule has 0 bridgehead atoms. The van der Waals surface area contributed by atoms with Crippen LogP contribution >= 0.6 is 0 Å². The van der Waals surface area contributed by atoms with Gasteiger partial charge in [0.05, 0.1) is 6.04 Å². The molecule has 76 valence electrons. The lowest BCUT2D eigenvalue weighted by molar-refractivity contribution is -0.121. The van der Waals surface area contributed by atoms with E-state index >= 15 is 0 Å². The fourth-order valence-corrected chi connectivity index (χ4v) is 1.76. The topological polar surface area (TPSA) is 29.1 Å². The first-order valence-electron chi connectivity index (χ1n) is 5.35. The SMILES string of the molecule is CC(C)CCC(=O)[C@@H]1C[C@H](C)CN1. The van der Waals surface area contributed by atoms with Gasteiger partial charge in [0.2, 0.25) is 0 Å². The van der Waals surface area contributed by atoms with E-state index in [-0.39, 0.29) is 6.04 Å². The summed E-state index contributed by atoms with van der Waals surface area (Å²) in [7, 11) is 0. The van der Waals surface area contributed by atoms with E-state index in [0.29, 0.717) is 17.6 Å². The van der Waals surface area contributed by atoms with Gasteiger partial charge in [-0.05, 0) is 31.2 Å². The van der Waals surface area contributed by atoms with Crippen molar-refractivity contribution in [2.45, 2.75) is 46.1 Å². The summed E-state index contributed by atoms with van der Waals surface area (Å²) in [5.74, 6) is 1.73. The maximum atomic E-state index is 11.6. The van der Waals surface area contributed by atoms with Crippen molar-refractivity contribution in [3.63, 3.8) is 0 Å². The molecule has 0 unspecified atom stereocenters. The zero-order valence-electron chi connectivity index (χ0n) is 8.97. The minimum absolute atomic E-state index is 0.161. The van der Waals surface area contributed by atoms with Gasteiger partial charge >= 0.3 is 0 Å². The molecule has 0 aromatic heterocycles. The summed E-state index contributed by atoms with van der Waals surface area (Å²) in [5, 5.41) is 3.28. The second-order valence-corrected chi connectivity index (χ2v) is 4.70. The predicted octanol–water partition coefficient (Wildman–Crippen LogP) is 1.99. The quantitative estimate of drug-likeness (QED) is 0.722. The van der Waals surface area contributed by atoms with Crippen LogP contribution in [0.4, 0.5) is 0 Å². The van der Waals surface area contributed by atoms with Gasteiger partial charge in [-0.2, -0.15) is 0 Å². The number of rotatable bonds is 4. The maximum absolute atomic E-state index is 11.6. The van der Waals surface area contributed by atoms with Gasteiger partial charge in [-0.15, -0.1) is 0 Å². The van der Waals surface area contributed by atoms with Crippen LogP contribution < -0.4 is 5.32 Å². The summed E-state index contributed by atoms with van der Waals surface area (Å²) in [6, 6.07) is 0.161. The Balaban J connectivity index is 2.24. The molecule has 1 heterocycles. The van der Waals surface area contributed by atoms with Crippen molar-refractivity contribution in [3.05, 3.63) is 0 Å². The number of carbonyl (C=O) groups is 1. The van der Waals surface area contributed by atoms with Crippen molar-refractivity contribution >= 4 is 5.78 Å². The third-order valence-electron chi connectivity index (χ3n) is 2.71. The Bertz CT molecular complexity index is 177. The highest BCUT2D eigenvalue weighted by atomic mass is 16.1. The summed E-state index contributed by atoms with van der Waals surface area (Å²) in [5.41, 5.74) is 0. The predicted molar refractivity (Wildman–Crippen MR) is 54.7 cm³/mol. The Labute approximate surface area is 81.1 Å². The van der Waals surface area contributed by atoms with Gasteiger partial charge < -0.3 is 5.32 Å². The van der Waals surface area contributed by atoms with Crippen LogP contribution in [0.5, 0.6) is 0 Å². The summed E-state index contributed by atoms with van der Waals surface area (Å²) in [6.45, 7) is 7.54. The van der Waals surface area contributed by atoms with Gasteiger partial charge in [-0.25, -0.2) is 0 Å². The van der Waals surface area contributed by atoms with Crippen LogP contribution in [0.3, 0.4) is 0 Å². The lowest BCUT2D eigenvalue weighted by Crippen LogP contribution is -2.30. The Morgan fingerprint density at radius 1 is 1.54 bits per heavy atom. The fraction of sp³-hybridized carbons (Fsp3) is 0.909. The second kappa shape index (κ2) is 4.75. The monoisotopic (exact) mass is 183 g/mol. The first-order valence-corrected chi connectivity index (χ1v) is 5.35. The maximum Gasteiger partial charge on any atom is 0.149 e. The average Bonchev–Trinajstić information content (AvgIpc) is 2.47. The first kappa shape index (κ1) is 10.7. The molecule has 0 aliphatic carbocycles. The molecule has 1 aliphatic rings. The standard InChI is InChI=1S/C11H21NO/c1-8(2)4-5-11(13)10-6-9(3)7-12-10/h8-10,12H,4-7H2,1-3H3/t9-,10-/m0/s1. The second-order valence-electron chi connectivity index (χ2n) is 4.70. The van der Waals surface area contributed by atoms with Crippen LogP contribution in [-0.2, 0) is 4.79 Å². The lowest BCUT2D eigenvalue weighted by Gasteiger charge is -2.09. The van der Waals surface area contributed by atoms with Crippen LogP contribution in [0.25, 0.3) is 0 Å². The molecule has 0 spiro atoms. The fourth-order valence-electron chi connectivity index (χ4n) is 1.76. The molecule has 0 amide bonds. The molecule has 1 saturated heterocycles. The molecule has 0 saturated carbocycles. The van der Waals surface area contributed by atoms with E-state index in [1.807, 2.05) is 0 Å². The summed E-state index contributed by atoms with van der Waals surface area (Å²) < 4.78 is 0. The van der Waals surface area contributed by atoms with Crippen molar-refractivity contribution in [3.8, 4) is 0 Å². The number of nitrogens with one attached hydrogen (secondary N) is 1. The molecule has 2 heteroatoms. The molecule has 2 nitrogen and oxygen atoms in total. The third-order valence-corrected chi connectivity index (χ3v) is 2.71. The van der Waals surface area contributed by atoms with E-state index in [1.165, 1.54) is 0 Å². The number of Topliss-reactive ketones (excluding diaryl/α,β-unsaturated/α-hetero) is 1. The zero-order chi connectivity index (χ0) is 9.84. The molecular weight excluding hydrogens is 162 g/mol. The minimum Gasteiger partial charge on any atom is -0.307 e. The highest BCUT2D eigenvalue weighted by Crippen LogP contribution is 2.16. The van der Waals surface area contributed by atoms with E-state index in [4.69, 9.17) is 0 Å². The summed E-state index contributed by atoms with van der Waals surface area (Å²) >= 11 is 0. The highest BCUT2D eigenvalue weighted by molar-refractivity contribution is 5.84. The van der Waals surface area contributed by atoms with Crippen LogP contribution in [0.15, 0.2) is 0 Å². The van der Waals surface area contributed by atoms with Gasteiger partial charge in [0.25, 0.3) is 0 Å². The van der Waals surface area contributed by atoms with Gasteiger partial charge in [0.15, 0.2) is 0 Å². The Morgan fingerprint density at radius 2 is 2.23 bits per heavy atom. The van der Waals surface area contributed by atoms with Crippen molar-refractivity contribution in [1.82, 2.24) is 5.32 Å². The molecule has 1 aliphatic heterocycles. The molecule has 1 rings (SSSR count). The molecule has 0 aromatic rings. The van der Waals surface area contributed by atoms with Crippen LogP contribution in [0, 0.1) is 11.8 Å².